The zero-order valence-corrected chi connectivity index (χ0v) is 18.6. The standard InChI is InChI=1S/C22H25N3O6S/c1-3-24(4-2)22(27)20(16-18-10-12-19(13-11-18)25(28)29)21(26)23-32(30,31)15-14-17-8-6-5-7-9-17/h5-15,20H,3-4,16H2,1-2H3,(H,23,26)/b15-14+. The zero-order valence-electron chi connectivity index (χ0n) is 17.8. The monoisotopic (exact) mass is 459 g/mol. The molecule has 2 rings (SSSR count). The van der Waals surface area contributed by atoms with Crippen molar-refractivity contribution in [1.82, 2.24) is 9.62 Å². The van der Waals surface area contributed by atoms with Crippen molar-refractivity contribution in [2.75, 3.05) is 13.1 Å². The molecule has 0 spiro atoms. The molecule has 0 heterocycles. The van der Waals surface area contributed by atoms with E-state index in [0.717, 1.165) is 5.41 Å². The van der Waals surface area contributed by atoms with Gasteiger partial charge in [-0.05, 0) is 37.5 Å². The first-order valence-corrected chi connectivity index (χ1v) is 11.5. The normalized spacial score (nSPS) is 12.3. The van der Waals surface area contributed by atoms with E-state index in [9.17, 15) is 28.1 Å². The molecule has 0 aliphatic carbocycles. The van der Waals surface area contributed by atoms with Gasteiger partial charge in [-0.25, -0.2) is 13.1 Å². The van der Waals surface area contributed by atoms with Gasteiger partial charge in [0.15, 0.2) is 0 Å². The quantitative estimate of drug-likeness (QED) is 0.331. The number of non-ortho nitro benzene ring substituents is 1. The molecule has 0 bridgehead atoms. The Balaban J connectivity index is 2.25. The number of nitrogens with zero attached hydrogens (tertiary/aromatic N) is 2. The summed E-state index contributed by atoms with van der Waals surface area (Å²) in [5.41, 5.74) is 0.999. The number of nitrogens with one attached hydrogen (secondary N) is 1. The molecule has 32 heavy (non-hydrogen) atoms. The lowest BCUT2D eigenvalue weighted by molar-refractivity contribution is -0.384. The molecular formula is C22H25N3O6S. The smallest absolute Gasteiger partial charge is 0.269 e. The Bertz CT molecular complexity index is 1080. The van der Waals surface area contributed by atoms with E-state index in [-0.39, 0.29) is 12.1 Å². The van der Waals surface area contributed by atoms with Crippen LogP contribution in [0.4, 0.5) is 5.69 Å². The topological polar surface area (TPSA) is 127 Å². The Morgan fingerprint density at radius 2 is 1.66 bits per heavy atom. The molecular weight excluding hydrogens is 434 g/mol. The number of benzene rings is 2. The van der Waals surface area contributed by atoms with Gasteiger partial charge in [-0.1, -0.05) is 42.5 Å². The van der Waals surface area contributed by atoms with Crippen LogP contribution in [0.3, 0.4) is 0 Å². The molecule has 0 fully saturated rings. The molecule has 9 nitrogen and oxygen atoms in total. The summed E-state index contributed by atoms with van der Waals surface area (Å²) in [7, 11) is -4.15. The fourth-order valence-corrected chi connectivity index (χ4v) is 3.84. The average molecular weight is 460 g/mol. The van der Waals surface area contributed by atoms with Crippen LogP contribution in [0.25, 0.3) is 6.08 Å². The zero-order chi connectivity index (χ0) is 23.7. The highest BCUT2D eigenvalue weighted by molar-refractivity contribution is 7.93. The Kier molecular flexibility index (Phi) is 8.65. The second-order valence-electron chi connectivity index (χ2n) is 6.92. The van der Waals surface area contributed by atoms with Crippen LogP contribution in [0.15, 0.2) is 60.0 Å². The molecule has 170 valence electrons. The maximum Gasteiger partial charge on any atom is 0.269 e. The maximum absolute atomic E-state index is 12.9. The van der Waals surface area contributed by atoms with Crippen LogP contribution in [-0.2, 0) is 26.0 Å². The summed E-state index contributed by atoms with van der Waals surface area (Å²) in [4.78, 5) is 37.5. The van der Waals surface area contributed by atoms with Crippen molar-refractivity contribution >= 4 is 33.6 Å². The van der Waals surface area contributed by atoms with E-state index < -0.39 is 32.7 Å². The van der Waals surface area contributed by atoms with E-state index in [1.165, 1.54) is 35.2 Å². The van der Waals surface area contributed by atoms with Gasteiger partial charge < -0.3 is 4.90 Å². The van der Waals surface area contributed by atoms with E-state index in [4.69, 9.17) is 0 Å². The van der Waals surface area contributed by atoms with Crippen LogP contribution in [0, 0.1) is 16.0 Å². The number of carbonyl (C=O) groups is 2. The first-order chi connectivity index (χ1) is 15.2. The third-order valence-electron chi connectivity index (χ3n) is 4.76. The second kappa shape index (κ2) is 11.2. The first-order valence-electron chi connectivity index (χ1n) is 9.98. The Labute approximate surface area is 186 Å². The summed E-state index contributed by atoms with van der Waals surface area (Å²) in [5.74, 6) is -2.79. The van der Waals surface area contributed by atoms with Crippen LogP contribution in [0.1, 0.15) is 25.0 Å². The van der Waals surface area contributed by atoms with E-state index in [1.54, 1.807) is 44.2 Å². The van der Waals surface area contributed by atoms with Crippen LogP contribution in [0.5, 0.6) is 0 Å². The van der Waals surface area contributed by atoms with Crippen molar-refractivity contribution in [2.24, 2.45) is 5.92 Å². The number of sulfonamides is 1. The Hall–Kier alpha value is -3.53. The first kappa shape index (κ1) is 24.7. The summed E-state index contributed by atoms with van der Waals surface area (Å²) in [5, 5.41) is 11.7. The molecule has 0 saturated carbocycles. The largest absolute Gasteiger partial charge is 0.343 e. The minimum Gasteiger partial charge on any atom is -0.343 e. The SMILES string of the molecule is CCN(CC)C(=O)C(Cc1ccc([N+](=O)[O-])cc1)C(=O)NS(=O)(=O)/C=C/c1ccccc1. The number of amides is 2. The molecule has 2 amide bonds. The van der Waals surface area contributed by atoms with Crippen molar-refractivity contribution in [3.05, 3.63) is 81.2 Å². The molecule has 2 aromatic rings. The molecule has 10 heteroatoms. The molecule has 0 saturated heterocycles. The summed E-state index contributed by atoms with van der Waals surface area (Å²) in [6.07, 6.45) is 1.24. The van der Waals surface area contributed by atoms with Crippen LogP contribution in [0.2, 0.25) is 0 Å². The second-order valence-corrected chi connectivity index (χ2v) is 8.48. The van der Waals surface area contributed by atoms with Crippen molar-refractivity contribution in [1.29, 1.82) is 0 Å². The van der Waals surface area contributed by atoms with Gasteiger partial charge in [0.05, 0.1) is 10.3 Å². The maximum atomic E-state index is 12.9. The van der Waals surface area contributed by atoms with Gasteiger partial charge in [0.2, 0.25) is 11.8 Å². The van der Waals surface area contributed by atoms with E-state index in [2.05, 4.69) is 0 Å². The van der Waals surface area contributed by atoms with Gasteiger partial charge in [0.1, 0.15) is 5.92 Å². The predicted octanol–water partition coefficient (Wildman–Crippen LogP) is 2.74. The fourth-order valence-electron chi connectivity index (χ4n) is 3.01. The number of nitro benzene ring substituents is 1. The summed E-state index contributed by atoms with van der Waals surface area (Å²) in [6.45, 7) is 4.20. The summed E-state index contributed by atoms with van der Waals surface area (Å²) < 4.78 is 26.8. The molecule has 0 aliphatic heterocycles. The molecule has 0 radical (unpaired) electrons. The molecule has 0 aliphatic rings. The molecule has 1 unspecified atom stereocenters. The van der Waals surface area contributed by atoms with E-state index in [1.807, 2.05) is 4.72 Å². The van der Waals surface area contributed by atoms with Crippen molar-refractivity contribution in [3.63, 3.8) is 0 Å². The van der Waals surface area contributed by atoms with Gasteiger partial charge in [0.25, 0.3) is 15.7 Å². The minimum absolute atomic E-state index is 0.100. The van der Waals surface area contributed by atoms with Crippen molar-refractivity contribution < 1.29 is 22.9 Å². The summed E-state index contributed by atoms with van der Waals surface area (Å²) >= 11 is 0. The van der Waals surface area contributed by atoms with Gasteiger partial charge in [-0.2, -0.15) is 0 Å². The number of carbonyl (C=O) groups excluding carboxylic acids is 2. The van der Waals surface area contributed by atoms with Crippen LogP contribution < -0.4 is 4.72 Å². The minimum atomic E-state index is -4.15. The highest BCUT2D eigenvalue weighted by Gasteiger charge is 2.32. The third kappa shape index (κ3) is 7.02. The molecule has 2 aromatic carbocycles. The van der Waals surface area contributed by atoms with Gasteiger partial charge in [0, 0.05) is 25.2 Å². The number of hydrogen-bond acceptors (Lipinski definition) is 6. The number of hydrogen-bond donors (Lipinski definition) is 1. The van der Waals surface area contributed by atoms with Gasteiger partial charge in [-0.3, -0.25) is 19.7 Å². The number of nitro groups is 1. The van der Waals surface area contributed by atoms with Gasteiger partial charge in [-0.15, -0.1) is 0 Å². The van der Waals surface area contributed by atoms with E-state index in [0.29, 0.717) is 24.2 Å². The summed E-state index contributed by atoms with van der Waals surface area (Å²) in [6, 6.07) is 14.1. The van der Waals surface area contributed by atoms with Crippen LogP contribution in [-0.4, -0.2) is 43.1 Å². The lowest BCUT2D eigenvalue weighted by Crippen LogP contribution is -2.45. The van der Waals surface area contributed by atoms with Crippen molar-refractivity contribution in [2.45, 2.75) is 20.3 Å². The van der Waals surface area contributed by atoms with Gasteiger partial charge >= 0.3 is 0 Å². The number of rotatable bonds is 10. The fraction of sp³-hybridized carbons (Fsp3) is 0.273. The van der Waals surface area contributed by atoms with E-state index >= 15 is 0 Å². The average Bonchev–Trinajstić information content (AvgIpc) is 2.77. The highest BCUT2D eigenvalue weighted by Crippen LogP contribution is 2.17. The lowest BCUT2D eigenvalue weighted by atomic mass is 9.97. The Morgan fingerprint density at radius 3 is 2.19 bits per heavy atom. The highest BCUT2D eigenvalue weighted by atomic mass is 32.2. The lowest BCUT2D eigenvalue weighted by Gasteiger charge is -2.24. The third-order valence-corrected chi connectivity index (χ3v) is 5.74. The molecule has 0 aromatic heterocycles. The molecule has 1 atom stereocenters. The van der Waals surface area contributed by atoms with Crippen LogP contribution >= 0.6 is 0 Å². The van der Waals surface area contributed by atoms with Crippen molar-refractivity contribution in [3.8, 4) is 0 Å². The Morgan fingerprint density at radius 1 is 1.06 bits per heavy atom. The predicted molar refractivity (Wildman–Crippen MR) is 121 cm³/mol. The molecule has 1 N–H and O–H groups in total.